The normalized spacial score (nSPS) is 12.0. The molecule has 0 fully saturated rings. The third kappa shape index (κ3) is 4.63. The molecular formula is C18H21BrClNO2. The molecule has 0 aromatic heterocycles. The number of ether oxygens (including phenoxy) is 2. The number of rotatable bonds is 7. The van der Waals surface area contributed by atoms with E-state index in [-0.39, 0.29) is 6.04 Å². The van der Waals surface area contributed by atoms with E-state index in [1.807, 2.05) is 37.3 Å². The maximum atomic E-state index is 6.29. The Morgan fingerprint density at radius 1 is 1.26 bits per heavy atom. The summed E-state index contributed by atoms with van der Waals surface area (Å²) in [7, 11) is 1.59. The zero-order valence-corrected chi connectivity index (χ0v) is 15.9. The van der Waals surface area contributed by atoms with E-state index in [1.165, 1.54) is 5.56 Å². The Bertz CT molecular complexity index is 663. The van der Waals surface area contributed by atoms with Gasteiger partial charge >= 0.3 is 0 Å². The number of hydrogen-bond acceptors (Lipinski definition) is 3. The van der Waals surface area contributed by atoms with Crippen LogP contribution in [0.2, 0.25) is 5.02 Å². The van der Waals surface area contributed by atoms with E-state index in [0.717, 1.165) is 10.0 Å². The molecule has 0 aliphatic carbocycles. The number of hydrogen-bond donors (Lipinski definition) is 1. The molecule has 0 saturated heterocycles. The summed E-state index contributed by atoms with van der Waals surface area (Å²) < 4.78 is 12.0. The van der Waals surface area contributed by atoms with Crippen LogP contribution in [0.5, 0.6) is 11.5 Å². The Morgan fingerprint density at radius 2 is 2.00 bits per heavy atom. The van der Waals surface area contributed by atoms with Crippen LogP contribution in [0.3, 0.4) is 0 Å². The number of halogens is 2. The van der Waals surface area contributed by atoms with Gasteiger partial charge in [-0.1, -0.05) is 45.7 Å². The largest absolute Gasteiger partial charge is 0.491 e. The highest BCUT2D eigenvalue weighted by atomic mass is 79.9. The molecule has 1 N–H and O–H groups in total. The molecule has 0 saturated carbocycles. The summed E-state index contributed by atoms with van der Waals surface area (Å²) in [5.74, 6) is 1.25. The Balaban J connectivity index is 2.13. The molecule has 124 valence electrons. The first-order chi connectivity index (χ1) is 11.1. The van der Waals surface area contributed by atoms with E-state index in [4.69, 9.17) is 21.1 Å². The van der Waals surface area contributed by atoms with Crippen LogP contribution in [-0.2, 0) is 6.54 Å². The second-order valence-corrected chi connectivity index (χ2v) is 6.43. The van der Waals surface area contributed by atoms with Gasteiger partial charge < -0.3 is 14.8 Å². The summed E-state index contributed by atoms with van der Waals surface area (Å²) in [6.07, 6.45) is 0. The van der Waals surface area contributed by atoms with E-state index in [1.54, 1.807) is 7.11 Å². The average molecular weight is 399 g/mol. The molecule has 2 aromatic rings. The Hall–Kier alpha value is -1.23. The summed E-state index contributed by atoms with van der Waals surface area (Å²) in [6.45, 7) is 5.32. The molecule has 0 aliphatic heterocycles. The van der Waals surface area contributed by atoms with Gasteiger partial charge in [-0.15, -0.1) is 0 Å². The summed E-state index contributed by atoms with van der Waals surface area (Å²) in [5, 5.41) is 4.06. The minimum atomic E-state index is 0.210. The Labute approximate surface area is 151 Å². The second kappa shape index (κ2) is 8.57. The molecule has 23 heavy (non-hydrogen) atoms. The van der Waals surface area contributed by atoms with Gasteiger partial charge in [0, 0.05) is 17.1 Å². The van der Waals surface area contributed by atoms with Crippen LogP contribution in [0.25, 0.3) is 0 Å². The first kappa shape index (κ1) is 18.1. The molecular weight excluding hydrogens is 378 g/mol. The van der Waals surface area contributed by atoms with Crippen molar-refractivity contribution >= 4 is 27.5 Å². The predicted octanol–water partition coefficient (Wildman–Crippen LogP) is 5.36. The zero-order valence-electron chi connectivity index (χ0n) is 13.5. The van der Waals surface area contributed by atoms with Gasteiger partial charge in [-0.2, -0.15) is 0 Å². The van der Waals surface area contributed by atoms with Gasteiger partial charge in [0.1, 0.15) is 0 Å². The molecule has 2 rings (SSSR count). The lowest BCUT2D eigenvalue weighted by atomic mass is 10.1. The standard InChI is InChI=1S/C18H21BrClNO2/c1-4-23-17-10-13(9-16(20)18(17)22-3)11-21-12(2)14-7-5-6-8-15(14)19/h5-10,12,21H,4,11H2,1-3H3. The fourth-order valence-corrected chi connectivity index (χ4v) is 3.33. The maximum absolute atomic E-state index is 6.29. The predicted molar refractivity (Wildman–Crippen MR) is 98.6 cm³/mol. The van der Waals surface area contributed by atoms with Crippen LogP contribution in [0, 0.1) is 0 Å². The Kier molecular flexibility index (Phi) is 6.75. The van der Waals surface area contributed by atoms with Crippen molar-refractivity contribution in [1.82, 2.24) is 5.32 Å². The molecule has 0 bridgehead atoms. The van der Waals surface area contributed by atoms with E-state index in [2.05, 4.69) is 34.2 Å². The van der Waals surface area contributed by atoms with Crippen molar-refractivity contribution in [2.45, 2.75) is 26.4 Å². The third-order valence-corrected chi connectivity index (χ3v) is 4.56. The van der Waals surface area contributed by atoms with Crippen molar-refractivity contribution in [3.05, 3.63) is 57.0 Å². The molecule has 0 aliphatic rings. The summed E-state index contributed by atoms with van der Waals surface area (Å²) >= 11 is 9.88. The SMILES string of the molecule is CCOc1cc(CNC(C)c2ccccc2Br)cc(Cl)c1OC. The van der Waals surface area contributed by atoms with Crippen LogP contribution >= 0.6 is 27.5 Å². The lowest BCUT2D eigenvalue weighted by Crippen LogP contribution is -2.18. The van der Waals surface area contributed by atoms with Crippen molar-refractivity contribution in [1.29, 1.82) is 0 Å². The van der Waals surface area contributed by atoms with Crippen molar-refractivity contribution in [3.63, 3.8) is 0 Å². The number of nitrogens with one attached hydrogen (secondary N) is 1. The highest BCUT2D eigenvalue weighted by Gasteiger charge is 2.13. The molecule has 5 heteroatoms. The lowest BCUT2D eigenvalue weighted by molar-refractivity contribution is 0.310. The molecule has 0 heterocycles. The van der Waals surface area contributed by atoms with E-state index in [9.17, 15) is 0 Å². The quantitative estimate of drug-likeness (QED) is 0.681. The van der Waals surface area contributed by atoms with E-state index >= 15 is 0 Å². The third-order valence-electron chi connectivity index (χ3n) is 3.56. The fraction of sp³-hybridized carbons (Fsp3) is 0.333. The molecule has 0 spiro atoms. The fourth-order valence-electron chi connectivity index (χ4n) is 2.39. The first-order valence-electron chi connectivity index (χ1n) is 7.53. The lowest BCUT2D eigenvalue weighted by Gasteiger charge is -2.17. The van der Waals surface area contributed by atoms with Crippen LogP contribution in [0.1, 0.15) is 31.0 Å². The van der Waals surface area contributed by atoms with Crippen molar-refractivity contribution in [3.8, 4) is 11.5 Å². The zero-order chi connectivity index (χ0) is 16.8. The summed E-state index contributed by atoms with van der Waals surface area (Å²) in [4.78, 5) is 0. The number of methoxy groups -OCH3 is 1. The van der Waals surface area contributed by atoms with Crippen molar-refractivity contribution in [2.75, 3.05) is 13.7 Å². The first-order valence-corrected chi connectivity index (χ1v) is 8.71. The van der Waals surface area contributed by atoms with Crippen LogP contribution in [0.15, 0.2) is 40.9 Å². The van der Waals surface area contributed by atoms with Gasteiger partial charge in [0.2, 0.25) is 0 Å². The maximum Gasteiger partial charge on any atom is 0.179 e. The summed E-state index contributed by atoms with van der Waals surface area (Å²) in [5.41, 5.74) is 2.27. The highest BCUT2D eigenvalue weighted by molar-refractivity contribution is 9.10. The summed E-state index contributed by atoms with van der Waals surface area (Å²) in [6, 6.07) is 12.3. The van der Waals surface area contributed by atoms with Gasteiger partial charge in [0.25, 0.3) is 0 Å². The second-order valence-electron chi connectivity index (χ2n) is 5.17. The molecule has 1 atom stereocenters. The van der Waals surface area contributed by atoms with Crippen molar-refractivity contribution < 1.29 is 9.47 Å². The monoisotopic (exact) mass is 397 g/mol. The van der Waals surface area contributed by atoms with Gasteiger partial charge in [-0.25, -0.2) is 0 Å². The van der Waals surface area contributed by atoms with Crippen LogP contribution < -0.4 is 14.8 Å². The van der Waals surface area contributed by atoms with E-state index < -0.39 is 0 Å². The van der Waals surface area contributed by atoms with Gasteiger partial charge in [0.05, 0.1) is 18.7 Å². The van der Waals surface area contributed by atoms with Gasteiger partial charge in [-0.3, -0.25) is 0 Å². The number of benzene rings is 2. The van der Waals surface area contributed by atoms with Crippen LogP contribution in [0.4, 0.5) is 0 Å². The smallest absolute Gasteiger partial charge is 0.179 e. The molecule has 1 unspecified atom stereocenters. The van der Waals surface area contributed by atoms with Crippen molar-refractivity contribution in [2.24, 2.45) is 0 Å². The van der Waals surface area contributed by atoms with E-state index in [0.29, 0.717) is 29.7 Å². The molecule has 3 nitrogen and oxygen atoms in total. The molecule has 0 radical (unpaired) electrons. The Morgan fingerprint density at radius 3 is 2.65 bits per heavy atom. The minimum absolute atomic E-state index is 0.210. The molecule has 2 aromatic carbocycles. The van der Waals surface area contributed by atoms with Gasteiger partial charge in [-0.05, 0) is 43.2 Å². The van der Waals surface area contributed by atoms with Gasteiger partial charge in [0.15, 0.2) is 11.5 Å². The highest BCUT2D eigenvalue weighted by Crippen LogP contribution is 2.36. The van der Waals surface area contributed by atoms with Crippen LogP contribution in [-0.4, -0.2) is 13.7 Å². The minimum Gasteiger partial charge on any atom is -0.491 e. The topological polar surface area (TPSA) is 30.5 Å². The molecule has 0 amide bonds. The average Bonchev–Trinajstić information content (AvgIpc) is 2.53.